The second-order valence-electron chi connectivity index (χ2n) is 7.16. The molecule has 1 atom stereocenters. The first-order chi connectivity index (χ1) is 12.9. The average Bonchev–Trinajstić information content (AvgIpc) is 3.15. The molecule has 1 aromatic heterocycles. The zero-order valence-electron chi connectivity index (χ0n) is 16.0. The van der Waals surface area contributed by atoms with E-state index in [4.69, 9.17) is 9.15 Å². The average molecular weight is 371 g/mol. The Bertz CT molecular complexity index is 924. The number of fused-ring (bicyclic) bond motifs is 1. The summed E-state index contributed by atoms with van der Waals surface area (Å²) >= 11 is 0. The Morgan fingerprint density at radius 1 is 1.22 bits per heavy atom. The quantitative estimate of drug-likeness (QED) is 0.597. The molecule has 2 heterocycles. The molecule has 0 N–H and O–H groups in total. The fraction of sp³-hybridized carbons (Fsp3) is 0.476. The summed E-state index contributed by atoms with van der Waals surface area (Å²) in [4.78, 5) is 38.4. The minimum atomic E-state index is -0.798. The maximum absolute atomic E-state index is 12.3. The van der Waals surface area contributed by atoms with E-state index in [1.165, 1.54) is 0 Å². The van der Waals surface area contributed by atoms with E-state index >= 15 is 0 Å². The van der Waals surface area contributed by atoms with Crippen LogP contribution in [0.1, 0.15) is 42.9 Å². The first-order valence-corrected chi connectivity index (χ1v) is 9.38. The Balaban J connectivity index is 1.65. The number of amides is 1. The van der Waals surface area contributed by atoms with Gasteiger partial charge in [-0.1, -0.05) is 12.1 Å². The van der Waals surface area contributed by atoms with Crippen LogP contribution in [-0.4, -0.2) is 36.0 Å². The van der Waals surface area contributed by atoms with Gasteiger partial charge < -0.3 is 14.1 Å². The van der Waals surface area contributed by atoms with E-state index in [1.807, 2.05) is 32.0 Å². The van der Waals surface area contributed by atoms with Gasteiger partial charge in [-0.25, -0.2) is 4.79 Å². The zero-order valence-corrected chi connectivity index (χ0v) is 16.0. The molecular formula is C21H25NO5. The third-order valence-corrected chi connectivity index (χ3v) is 5.10. The van der Waals surface area contributed by atoms with E-state index in [-0.39, 0.29) is 18.7 Å². The van der Waals surface area contributed by atoms with E-state index < -0.39 is 17.7 Å². The van der Waals surface area contributed by atoms with Crippen LogP contribution in [-0.2, 0) is 20.7 Å². The van der Waals surface area contributed by atoms with Crippen molar-refractivity contribution in [1.82, 2.24) is 4.90 Å². The minimum Gasteiger partial charge on any atom is -0.453 e. The van der Waals surface area contributed by atoms with Crippen molar-refractivity contribution in [3.63, 3.8) is 0 Å². The summed E-state index contributed by atoms with van der Waals surface area (Å²) in [6, 6.07) is 5.70. The molecule has 144 valence electrons. The highest BCUT2D eigenvalue weighted by molar-refractivity contribution is 5.84. The second-order valence-corrected chi connectivity index (χ2v) is 7.16. The fourth-order valence-corrected chi connectivity index (χ4v) is 3.52. The molecule has 0 saturated carbocycles. The van der Waals surface area contributed by atoms with Crippen LogP contribution < -0.4 is 5.63 Å². The molecule has 1 aliphatic rings. The molecule has 6 nitrogen and oxygen atoms in total. The summed E-state index contributed by atoms with van der Waals surface area (Å²) in [5.41, 5.74) is 2.42. The van der Waals surface area contributed by atoms with E-state index in [0.717, 1.165) is 42.4 Å². The standard InChI is InChI=1S/C21H25NO5/c1-13-6-7-16-14(2)17(21(25)27-18(16)12-13)8-9-19(23)26-15(3)20(24)22-10-4-5-11-22/h6-7,12,15H,4-5,8-11H2,1-3H3/t15-/m0/s1. The number of carbonyl (C=O) groups is 2. The van der Waals surface area contributed by atoms with Gasteiger partial charge >= 0.3 is 11.6 Å². The van der Waals surface area contributed by atoms with Crippen LogP contribution in [0.3, 0.4) is 0 Å². The first-order valence-electron chi connectivity index (χ1n) is 9.38. The molecule has 1 saturated heterocycles. The number of esters is 1. The first kappa shape index (κ1) is 19.1. The minimum absolute atomic E-state index is 0.0284. The zero-order chi connectivity index (χ0) is 19.6. The molecule has 1 aromatic carbocycles. The van der Waals surface area contributed by atoms with Crippen LogP contribution in [0.25, 0.3) is 11.0 Å². The predicted octanol–water partition coefficient (Wildman–Crippen LogP) is 2.90. The largest absolute Gasteiger partial charge is 0.453 e. The molecule has 0 aliphatic carbocycles. The predicted molar refractivity (Wildman–Crippen MR) is 102 cm³/mol. The van der Waals surface area contributed by atoms with Crippen LogP contribution in [0, 0.1) is 13.8 Å². The normalized spacial score (nSPS) is 15.1. The molecule has 0 unspecified atom stereocenters. The smallest absolute Gasteiger partial charge is 0.339 e. The Kier molecular flexibility index (Phi) is 5.63. The maximum Gasteiger partial charge on any atom is 0.339 e. The highest BCUT2D eigenvalue weighted by Gasteiger charge is 2.26. The van der Waals surface area contributed by atoms with Crippen molar-refractivity contribution in [2.45, 2.75) is 52.6 Å². The lowest BCUT2D eigenvalue weighted by Crippen LogP contribution is -2.38. The lowest BCUT2D eigenvalue weighted by molar-refractivity contribution is -0.158. The summed E-state index contributed by atoms with van der Waals surface area (Å²) < 4.78 is 10.7. The Hall–Kier alpha value is -2.63. The highest BCUT2D eigenvalue weighted by atomic mass is 16.5. The van der Waals surface area contributed by atoms with Gasteiger partial charge in [0.1, 0.15) is 5.58 Å². The van der Waals surface area contributed by atoms with E-state index in [2.05, 4.69) is 0 Å². The van der Waals surface area contributed by atoms with E-state index in [9.17, 15) is 14.4 Å². The summed E-state index contributed by atoms with van der Waals surface area (Å²) in [7, 11) is 0. The van der Waals surface area contributed by atoms with Gasteiger partial charge in [-0.15, -0.1) is 0 Å². The maximum atomic E-state index is 12.3. The Morgan fingerprint density at radius 2 is 1.93 bits per heavy atom. The van der Waals surface area contributed by atoms with Gasteiger partial charge in [0.05, 0.1) is 0 Å². The van der Waals surface area contributed by atoms with Gasteiger partial charge in [0.25, 0.3) is 5.91 Å². The molecule has 3 rings (SSSR count). The van der Waals surface area contributed by atoms with Crippen molar-refractivity contribution in [1.29, 1.82) is 0 Å². The molecule has 1 aliphatic heterocycles. The van der Waals surface area contributed by atoms with Crippen molar-refractivity contribution in [3.8, 4) is 0 Å². The molecule has 27 heavy (non-hydrogen) atoms. The van der Waals surface area contributed by atoms with E-state index in [0.29, 0.717) is 11.1 Å². The Labute approximate surface area is 158 Å². The summed E-state index contributed by atoms with van der Waals surface area (Å²) in [6.45, 7) is 6.82. The second kappa shape index (κ2) is 7.94. The topological polar surface area (TPSA) is 76.8 Å². The molecule has 0 bridgehead atoms. The number of nitrogens with zero attached hydrogens (tertiary/aromatic N) is 1. The van der Waals surface area contributed by atoms with Gasteiger partial charge in [0.2, 0.25) is 0 Å². The SMILES string of the molecule is Cc1ccc2c(C)c(CCC(=O)O[C@@H](C)C(=O)N3CCCC3)c(=O)oc2c1. The van der Waals surface area contributed by atoms with E-state index in [1.54, 1.807) is 11.8 Å². The van der Waals surface area contributed by atoms with Gasteiger partial charge in [0.15, 0.2) is 6.10 Å². The third kappa shape index (κ3) is 4.21. The van der Waals surface area contributed by atoms with Crippen LogP contribution in [0.5, 0.6) is 0 Å². The number of aryl methyl sites for hydroxylation is 2. The van der Waals surface area contributed by atoms with Gasteiger partial charge in [-0.2, -0.15) is 0 Å². The van der Waals surface area contributed by atoms with Gasteiger partial charge in [0, 0.05) is 30.5 Å². The van der Waals surface area contributed by atoms with Gasteiger partial charge in [-0.05, 0) is 57.2 Å². The molecular weight excluding hydrogens is 346 g/mol. The number of likely N-dealkylation sites (tertiary alicyclic amines) is 1. The molecule has 0 spiro atoms. The molecule has 0 radical (unpaired) electrons. The van der Waals surface area contributed by atoms with Crippen LogP contribution in [0.4, 0.5) is 0 Å². The molecule has 1 fully saturated rings. The van der Waals surface area contributed by atoms with Crippen molar-refractivity contribution in [2.24, 2.45) is 0 Å². The lowest BCUT2D eigenvalue weighted by Gasteiger charge is -2.20. The monoisotopic (exact) mass is 371 g/mol. The molecule has 2 aromatic rings. The lowest BCUT2D eigenvalue weighted by atomic mass is 10.0. The number of carbonyl (C=O) groups excluding carboxylic acids is 2. The fourth-order valence-electron chi connectivity index (χ4n) is 3.52. The molecule has 1 amide bonds. The van der Waals surface area contributed by atoms with Gasteiger partial charge in [-0.3, -0.25) is 9.59 Å². The summed E-state index contributed by atoms with van der Waals surface area (Å²) in [5.74, 6) is -0.643. The van der Waals surface area contributed by atoms with Crippen LogP contribution >= 0.6 is 0 Å². The van der Waals surface area contributed by atoms with Crippen molar-refractivity contribution in [2.75, 3.05) is 13.1 Å². The van der Waals surface area contributed by atoms with Crippen LogP contribution in [0.15, 0.2) is 27.4 Å². The van der Waals surface area contributed by atoms with Crippen LogP contribution in [0.2, 0.25) is 0 Å². The number of hydrogen-bond donors (Lipinski definition) is 0. The summed E-state index contributed by atoms with van der Waals surface area (Å²) in [6.07, 6.45) is 1.43. The number of benzene rings is 1. The number of ether oxygens (including phenoxy) is 1. The third-order valence-electron chi connectivity index (χ3n) is 5.10. The number of hydrogen-bond acceptors (Lipinski definition) is 5. The number of rotatable bonds is 5. The van der Waals surface area contributed by atoms with Crippen molar-refractivity contribution in [3.05, 3.63) is 45.3 Å². The van der Waals surface area contributed by atoms with Crippen molar-refractivity contribution >= 4 is 22.8 Å². The Morgan fingerprint density at radius 3 is 2.63 bits per heavy atom. The molecule has 6 heteroatoms. The van der Waals surface area contributed by atoms with Crippen molar-refractivity contribution < 1.29 is 18.7 Å². The summed E-state index contributed by atoms with van der Waals surface area (Å²) in [5, 5.41) is 0.862. The highest BCUT2D eigenvalue weighted by Crippen LogP contribution is 2.21.